The topological polar surface area (TPSA) is 15.7 Å². The zero-order valence-corrected chi connectivity index (χ0v) is 12.8. The molecule has 1 atom stereocenters. The largest absolute Gasteiger partial charge is 0.373 e. The Balaban J connectivity index is 1.52. The van der Waals surface area contributed by atoms with Crippen molar-refractivity contribution in [2.75, 3.05) is 33.8 Å². The van der Waals surface area contributed by atoms with Crippen molar-refractivity contribution in [1.82, 2.24) is 9.80 Å². The van der Waals surface area contributed by atoms with Crippen molar-refractivity contribution < 1.29 is 4.74 Å². The minimum Gasteiger partial charge on any atom is -0.373 e. The lowest BCUT2D eigenvalue weighted by Gasteiger charge is -2.38. The zero-order valence-electron chi connectivity index (χ0n) is 12.0. The summed E-state index contributed by atoms with van der Waals surface area (Å²) in [5, 5.41) is 2.17. The number of hydrogen-bond acceptors (Lipinski definition) is 4. The summed E-state index contributed by atoms with van der Waals surface area (Å²) in [7, 11) is 4.33. The van der Waals surface area contributed by atoms with Crippen molar-refractivity contribution >= 4 is 11.3 Å². The number of thiophene rings is 1. The minimum absolute atomic E-state index is 0.181. The summed E-state index contributed by atoms with van der Waals surface area (Å²) in [6.07, 6.45) is 3.61. The number of rotatable bonds is 3. The van der Waals surface area contributed by atoms with E-state index in [0.29, 0.717) is 6.04 Å². The molecule has 1 unspecified atom stereocenters. The number of piperidine rings is 1. The van der Waals surface area contributed by atoms with Crippen LogP contribution in [0.1, 0.15) is 24.1 Å². The van der Waals surface area contributed by atoms with Gasteiger partial charge in [0.05, 0.1) is 12.2 Å². The van der Waals surface area contributed by atoms with Crippen LogP contribution in [0, 0.1) is 0 Å². The van der Waals surface area contributed by atoms with Crippen molar-refractivity contribution in [2.45, 2.75) is 37.5 Å². The van der Waals surface area contributed by atoms with E-state index in [2.05, 4.69) is 41.4 Å². The lowest BCUT2D eigenvalue weighted by atomic mass is 9.87. The lowest BCUT2D eigenvalue weighted by molar-refractivity contribution is -0.0450. The van der Waals surface area contributed by atoms with Gasteiger partial charge in [0, 0.05) is 30.6 Å². The molecule has 2 aliphatic rings. The Bertz CT molecular complexity index is 396. The standard InChI is InChI=1S/C15H24N2OS/c1-16(2)13-10-15(18-12-13)5-7-17(8-6-15)11-14-4-3-9-19-14/h3-4,9,13H,5-8,10-12H2,1-2H3. The number of ether oxygens (including phenoxy) is 1. The summed E-state index contributed by atoms with van der Waals surface area (Å²) < 4.78 is 6.17. The molecule has 3 rings (SSSR count). The third-order valence-electron chi connectivity index (χ3n) is 4.65. The molecule has 2 aliphatic heterocycles. The predicted molar refractivity (Wildman–Crippen MR) is 79.6 cm³/mol. The van der Waals surface area contributed by atoms with Crippen LogP contribution in [0.4, 0.5) is 0 Å². The minimum atomic E-state index is 0.181. The molecule has 106 valence electrons. The van der Waals surface area contributed by atoms with Crippen LogP contribution in [0.2, 0.25) is 0 Å². The molecule has 0 bridgehead atoms. The van der Waals surface area contributed by atoms with E-state index >= 15 is 0 Å². The summed E-state index contributed by atoms with van der Waals surface area (Å²) in [6.45, 7) is 4.39. The van der Waals surface area contributed by atoms with Crippen LogP contribution < -0.4 is 0 Å². The zero-order chi connectivity index (χ0) is 13.3. The molecule has 1 aromatic rings. The maximum absolute atomic E-state index is 6.17. The van der Waals surface area contributed by atoms with Gasteiger partial charge in [0.1, 0.15) is 0 Å². The fraction of sp³-hybridized carbons (Fsp3) is 0.733. The van der Waals surface area contributed by atoms with Gasteiger partial charge in [-0.3, -0.25) is 4.90 Å². The first-order valence-corrected chi connectivity index (χ1v) is 8.10. The molecule has 0 saturated carbocycles. The molecule has 4 heteroatoms. The van der Waals surface area contributed by atoms with E-state index in [1.807, 2.05) is 11.3 Å². The normalized spacial score (nSPS) is 27.4. The summed E-state index contributed by atoms with van der Waals surface area (Å²) >= 11 is 1.87. The molecular formula is C15H24N2OS. The van der Waals surface area contributed by atoms with Crippen LogP contribution >= 0.6 is 11.3 Å². The summed E-state index contributed by atoms with van der Waals surface area (Å²) in [6, 6.07) is 5.00. The van der Waals surface area contributed by atoms with E-state index in [1.54, 1.807) is 0 Å². The second kappa shape index (κ2) is 5.52. The average Bonchev–Trinajstić information content (AvgIpc) is 3.03. The number of likely N-dealkylation sites (tertiary alicyclic amines) is 1. The maximum atomic E-state index is 6.17. The molecule has 3 nitrogen and oxygen atoms in total. The van der Waals surface area contributed by atoms with Crippen molar-refractivity contribution in [3.63, 3.8) is 0 Å². The summed E-state index contributed by atoms with van der Waals surface area (Å²) in [4.78, 5) is 6.37. The Morgan fingerprint density at radius 2 is 2.21 bits per heavy atom. The van der Waals surface area contributed by atoms with Crippen LogP contribution in [0.25, 0.3) is 0 Å². The molecule has 0 radical (unpaired) electrons. The highest BCUT2D eigenvalue weighted by molar-refractivity contribution is 7.09. The first kappa shape index (κ1) is 13.6. The third-order valence-corrected chi connectivity index (χ3v) is 5.51. The monoisotopic (exact) mass is 280 g/mol. The first-order chi connectivity index (χ1) is 9.17. The molecule has 0 aromatic carbocycles. The van der Waals surface area contributed by atoms with Gasteiger partial charge in [-0.1, -0.05) is 6.07 Å². The number of nitrogens with zero attached hydrogens (tertiary/aromatic N) is 2. The van der Waals surface area contributed by atoms with E-state index in [-0.39, 0.29) is 5.60 Å². The Labute approximate surface area is 120 Å². The van der Waals surface area contributed by atoms with Crippen LogP contribution in [0.15, 0.2) is 17.5 Å². The van der Waals surface area contributed by atoms with E-state index in [1.165, 1.54) is 37.2 Å². The highest BCUT2D eigenvalue weighted by atomic mass is 32.1. The Hall–Kier alpha value is -0.420. The molecule has 1 aromatic heterocycles. The molecule has 1 spiro atoms. The molecule has 2 saturated heterocycles. The highest BCUT2D eigenvalue weighted by Crippen LogP contribution is 2.37. The molecule has 19 heavy (non-hydrogen) atoms. The Kier molecular flexibility index (Phi) is 3.94. The second-order valence-electron chi connectivity index (χ2n) is 6.17. The van der Waals surface area contributed by atoms with Gasteiger partial charge in [-0.25, -0.2) is 0 Å². The molecule has 0 N–H and O–H groups in total. The fourth-order valence-corrected chi connectivity index (χ4v) is 3.99. The average molecular weight is 280 g/mol. The van der Waals surface area contributed by atoms with Crippen molar-refractivity contribution in [1.29, 1.82) is 0 Å². The van der Waals surface area contributed by atoms with Crippen LogP contribution in [0.5, 0.6) is 0 Å². The van der Waals surface area contributed by atoms with Gasteiger partial charge in [0.2, 0.25) is 0 Å². The maximum Gasteiger partial charge on any atom is 0.0723 e. The van der Waals surface area contributed by atoms with Crippen molar-refractivity contribution in [2.24, 2.45) is 0 Å². The lowest BCUT2D eigenvalue weighted by Crippen LogP contribution is -2.44. The number of hydrogen-bond donors (Lipinski definition) is 0. The van der Waals surface area contributed by atoms with E-state index in [9.17, 15) is 0 Å². The van der Waals surface area contributed by atoms with Gasteiger partial charge in [0.15, 0.2) is 0 Å². The highest BCUT2D eigenvalue weighted by Gasteiger charge is 2.43. The Morgan fingerprint density at radius 1 is 1.42 bits per heavy atom. The molecule has 3 heterocycles. The van der Waals surface area contributed by atoms with E-state index in [4.69, 9.17) is 4.74 Å². The van der Waals surface area contributed by atoms with E-state index in [0.717, 1.165) is 13.2 Å². The van der Waals surface area contributed by atoms with Gasteiger partial charge in [-0.2, -0.15) is 0 Å². The van der Waals surface area contributed by atoms with Gasteiger partial charge in [-0.05, 0) is 44.8 Å². The van der Waals surface area contributed by atoms with Crippen molar-refractivity contribution in [3.8, 4) is 0 Å². The summed E-state index contributed by atoms with van der Waals surface area (Å²) in [5.41, 5.74) is 0.181. The SMILES string of the molecule is CN(C)C1COC2(CCN(Cc3cccs3)CC2)C1. The van der Waals surface area contributed by atoms with Gasteiger partial charge < -0.3 is 9.64 Å². The van der Waals surface area contributed by atoms with E-state index < -0.39 is 0 Å². The van der Waals surface area contributed by atoms with Crippen LogP contribution in [-0.4, -0.2) is 55.2 Å². The second-order valence-corrected chi connectivity index (χ2v) is 7.20. The van der Waals surface area contributed by atoms with Crippen LogP contribution in [-0.2, 0) is 11.3 Å². The first-order valence-electron chi connectivity index (χ1n) is 7.22. The van der Waals surface area contributed by atoms with Gasteiger partial charge in [0.25, 0.3) is 0 Å². The molecule has 2 fully saturated rings. The molecular weight excluding hydrogens is 256 g/mol. The third kappa shape index (κ3) is 3.02. The molecule has 0 amide bonds. The van der Waals surface area contributed by atoms with Gasteiger partial charge >= 0.3 is 0 Å². The van der Waals surface area contributed by atoms with Gasteiger partial charge in [-0.15, -0.1) is 11.3 Å². The summed E-state index contributed by atoms with van der Waals surface area (Å²) in [5.74, 6) is 0. The van der Waals surface area contributed by atoms with Crippen LogP contribution in [0.3, 0.4) is 0 Å². The van der Waals surface area contributed by atoms with Crippen molar-refractivity contribution in [3.05, 3.63) is 22.4 Å². The Morgan fingerprint density at radius 3 is 2.79 bits per heavy atom. The predicted octanol–water partition coefficient (Wildman–Crippen LogP) is 2.43. The molecule has 0 aliphatic carbocycles. The quantitative estimate of drug-likeness (QED) is 0.846. The fourth-order valence-electron chi connectivity index (χ4n) is 3.24. The smallest absolute Gasteiger partial charge is 0.0723 e. The number of likely N-dealkylation sites (N-methyl/N-ethyl adjacent to an activating group) is 1.